The highest BCUT2D eigenvalue weighted by atomic mass is 16.1. The van der Waals surface area contributed by atoms with E-state index in [1.807, 2.05) is 6.08 Å². The first-order chi connectivity index (χ1) is 5.83. The highest BCUT2D eigenvalue weighted by Gasteiger charge is 2.29. The minimum atomic E-state index is 0.293. The smallest absolute Gasteiger partial charge is 0.120 e. The SMILES string of the molecule is C=CCC1(CC=O)CCCCC1. The predicted molar refractivity (Wildman–Crippen MR) is 51.0 cm³/mol. The van der Waals surface area contributed by atoms with Crippen LogP contribution in [0.4, 0.5) is 0 Å². The molecular formula is C11H18O. The highest BCUT2D eigenvalue weighted by Crippen LogP contribution is 2.41. The van der Waals surface area contributed by atoms with E-state index in [0.717, 1.165) is 19.1 Å². The van der Waals surface area contributed by atoms with Gasteiger partial charge in [0.2, 0.25) is 0 Å². The lowest BCUT2D eigenvalue weighted by atomic mass is 9.70. The Bertz CT molecular complexity index is 142. The highest BCUT2D eigenvalue weighted by molar-refractivity contribution is 5.50. The lowest BCUT2D eigenvalue weighted by molar-refractivity contribution is -0.110. The van der Waals surface area contributed by atoms with E-state index >= 15 is 0 Å². The average Bonchev–Trinajstić information content (AvgIpc) is 2.07. The first-order valence-electron chi connectivity index (χ1n) is 4.87. The maximum absolute atomic E-state index is 10.5. The van der Waals surface area contributed by atoms with E-state index in [1.54, 1.807) is 0 Å². The van der Waals surface area contributed by atoms with Gasteiger partial charge >= 0.3 is 0 Å². The van der Waals surface area contributed by atoms with Crippen LogP contribution in [0.3, 0.4) is 0 Å². The summed E-state index contributed by atoms with van der Waals surface area (Å²) in [5.41, 5.74) is 0.293. The van der Waals surface area contributed by atoms with Crippen LogP contribution in [0.15, 0.2) is 12.7 Å². The number of allylic oxidation sites excluding steroid dienone is 1. The van der Waals surface area contributed by atoms with Gasteiger partial charge in [0.25, 0.3) is 0 Å². The zero-order chi connectivity index (χ0) is 8.86. The van der Waals surface area contributed by atoms with Crippen LogP contribution >= 0.6 is 0 Å². The third-order valence-corrected chi connectivity index (χ3v) is 3.01. The average molecular weight is 166 g/mol. The van der Waals surface area contributed by atoms with Crippen molar-refractivity contribution < 1.29 is 4.79 Å². The summed E-state index contributed by atoms with van der Waals surface area (Å²) in [5.74, 6) is 0. The molecule has 68 valence electrons. The summed E-state index contributed by atoms with van der Waals surface area (Å²) in [6.07, 6.45) is 11.2. The molecule has 1 aliphatic carbocycles. The van der Waals surface area contributed by atoms with Gasteiger partial charge in [0.05, 0.1) is 0 Å². The van der Waals surface area contributed by atoms with Crippen LogP contribution in [-0.4, -0.2) is 6.29 Å². The molecule has 0 amide bonds. The molecule has 0 aliphatic heterocycles. The van der Waals surface area contributed by atoms with Gasteiger partial charge < -0.3 is 4.79 Å². The third-order valence-electron chi connectivity index (χ3n) is 3.01. The van der Waals surface area contributed by atoms with E-state index in [4.69, 9.17) is 0 Å². The second-order valence-corrected chi connectivity index (χ2v) is 3.92. The Morgan fingerprint density at radius 3 is 2.33 bits per heavy atom. The van der Waals surface area contributed by atoms with Crippen molar-refractivity contribution in [3.05, 3.63) is 12.7 Å². The maximum Gasteiger partial charge on any atom is 0.120 e. The fourth-order valence-corrected chi connectivity index (χ4v) is 2.28. The van der Waals surface area contributed by atoms with Gasteiger partial charge in [-0.15, -0.1) is 6.58 Å². The van der Waals surface area contributed by atoms with Crippen molar-refractivity contribution >= 4 is 6.29 Å². The quantitative estimate of drug-likeness (QED) is 0.463. The molecule has 0 aromatic carbocycles. The topological polar surface area (TPSA) is 17.1 Å². The number of carbonyl (C=O) groups is 1. The summed E-state index contributed by atoms with van der Waals surface area (Å²) in [6.45, 7) is 3.77. The summed E-state index contributed by atoms with van der Waals surface area (Å²) >= 11 is 0. The monoisotopic (exact) mass is 166 g/mol. The summed E-state index contributed by atoms with van der Waals surface area (Å²) < 4.78 is 0. The van der Waals surface area contributed by atoms with Crippen LogP contribution in [0.5, 0.6) is 0 Å². The van der Waals surface area contributed by atoms with E-state index in [2.05, 4.69) is 6.58 Å². The third kappa shape index (κ3) is 2.20. The van der Waals surface area contributed by atoms with Crippen molar-refractivity contribution in [3.63, 3.8) is 0 Å². The standard InChI is InChI=1S/C11H18O/c1-2-6-11(9-10-12)7-4-3-5-8-11/h2,10H,1,3-9H2. The van der Waals surface area contributed by atoms with Crippen molar-refractivity contribution in [1.82, 2.24) is 0 Å². The lowest BCUT2D eigenvalue weighted by Gasteiger charge is -2.34. The molecule has 1 fully saturated rings. The summed E-state index contributed by atoms with van der Waals surface area (Å²) in [4.78, 5) is 10.5. The molecular weight excluding hydrogens is 148 g/mol. The molecule has 1 aliphatic rings. The molecule has 1 nitrogen and oxygen atoms in total. The molecule has 0 spiro atoms. The zero-order valence-electron chi connectivity index (χ0n) is 7.72. The largest absolute Gasteiger partial charge is 0.303 e. The van der Waals surface area contributed by atoms with Crippen LogP contribution in [0.2, 0.25) is 0 Å². The van der Waals surface area contributed by atoms with E-state index in [0.29, 0.717) is 5.41 Å². The van der Waals surface area contributed by atoms with Crippen molar-refractivity contribution in [2.75, 3.05) is 0 Å². The molecule has 0 unspecified atom stereocenters. The summed E-state index contributed by atoms with van der Waals surface area (Å²) in [5, 5.41) is 0. The Labute approximate surface area is 74.9 Å². The fourth-order valence-electron chi connectivity index (χ4n) is 2.28. The maximum atomic E-state index is 10.5. The van der Waals surface area contributed by atoms with Crippen LogP contribution in [0.25, 0.3) is 0 Å². The Hall–Kier alpha value is -0.590. The van der Waals surface area contributed by atoms with Gasteiger partial charge in [-0.3, -0.25) is 0 Å². The molecule has 0 aromatic rings. The molecule has 12 heavy (non-hydrogen) atoms. The van der Waals surface area contributed by atoms with E-state index in [-0.39, 0.29) is 0 Å². The first-order valence-corrected chi connectivity index (χ1v) is 4.87. The second-order valence-electron chi connectivity index (χ2n) is 3.92. The van der Waals surface area contributed by atoms with Crippen LogP contribution < -0.4 is 0 Å². The number of carbonyl (C=O) groups excluding carboxylic acids is 1. The molecule has 0 saturated heterocycles. The van der Waals surface area contributed by atoms with Crippen LogP contribution in [-0.2, 0) is 4.79 Å². The molecule has 1 heteroatoms. The first kappa shape index (κ1) is 9.50. The lowest BCUT2D eigenvalue weighted by Crippen LogP contribution is -2.23. The van der Waals surface area contributed by atoms with Gasteiger partial charge in [-0.1, -0.05) is 25.3 Å². The molecule has 0 bridgehead atoms. The Morgan fingerprint density at radius 2 is 1.83 bits per heavy atom. The van der Waals surface area contributed by atoms with Gasteiger partial charge in [0.1, 0.15) is 6.29 Å². The number of hydrogen-bond donors (Lipinski definition) is 0. The molecule has 0 aromatic heterocycles. The fraction of sp³-hybridized carbons (Fsp3) is 0.727. The van der Waals surface area contributed by atoms with Gasteiger partial charge in [-0.25, -0.2) is 0 Å². The van der Waals surface area contributed by atoms with E-state index in [9.17, 15) is 4.79 Å². The Balaban J connectivity index is 2.55. The summed E-state index contributed by atoms with van der Waals surface area (Å²) in [7, 11) is 0. The molecule has 0 N–H and O–H groups in total. The Kier molecular flexibility index (Phi) is 3.51. The number of rotatable bonds is 4. The van der Waals surface area contributed by atoms with Gasteiger partial charge in [-0.05, 0) is 24.7 Å². The normalized spacial score (nSPS) is 21.7. The van der Waals surface area contributed by atoms with Crippen molar-refractivity contribution in [2.24, 2.45) is 5.41 Å². The zero-order valence-corrected chi connectivity index (χ0v) is 7.72. The van der Waals surface area contributed by atoms with Crippen LogP contribution in [0.1, 0.15) is 44.9 Å². The molecule has 1 rings (SSSR count). The number of hydrogen-bond acceptors (Lipinski definition) is 1. The summed E-state index contributed by atoms with van der Waals surface area (Å²) in [6, 6.07) is 0. The van der Waals surface area contributed by atoms with E-state index < -0.39 is 0 Å². The van der Waals surface area contributed by atoms with Crippen molar-refractivity contribution in [1.29, 1.82) is 0 Å². The van der Waals surface area contributed by atoms with Crippen molar-refractivity contribution in [2.45, 2.75) is 44.9 Å². The minimum Gasteiger partial charge on any atom is -0.303 e. The molecule has 0 radical (unpaired) electrons. The Morgan fingerprint density at radius 1 is 1.17 bits per heavy atom. The van der Waals surface area contributed by atoms with E-state index in [1.165, 1.54) is 32.1 Å². The molecule has 1 saturated carbocycles. The second kappa shape index (κ2) is 4.44. The molecule has 0 atom stereocenters. The molecule has 0 heterocycles. The minimum absolute atomic E-state index is 0.293. The van der Waals surface area contributed by atoms with Gasteiger partial charge in [0.15, 0.2) is 0 Å². The number of aldehydes is 1. The van der Waals surface area contributed by atoms with Gasteiger partial charge in [-0.2, -0.15) is 0 Å². The van der Waals surface area contributed by atoms with Gasteiger partial charge in [0, 0.05) is 6.42 Å². The van der Waals surface area contributed by atoms with Crippen LogP contribution in [0, 0.1) is 5.41 Å². The predicted octanol–water partition coefficient (Wildman–Crippen LogP) is 3.10. The van der Waals surface area contributed by atoms with Crippen molar-refractivity contribution in [3.8, 4) is 0 Å².